The minimum absolute atomic E-state index is 0.00494. The molecule has 1 amide bonds. The topological polar surface area (TPSA) is 89.8 Å². The van der Waals surface area contributed by atoms with Crippen LogP contribution in [0.1, 0.15) is 11.3 Å². The van der Waals surface area contributed by atoms with Gasteiger partial charge >= 0.3 is 0 Å². The van der Waals surface area contributed by atoms with Gasteiger partial charge in [-0.05, 0) is 35.9 Å². The highest BCUT2D eigenvalue weighted by Gasteiger charge is 2.13. The number of hydrogen-bond acceptors (Lipinski definition) is 5. The van der Waals surface area contributed by atoms with Crippen LogP contribution in [0.4, 0.5) is 10.1 Å². The van der Waals surface area contributed by atoms with Crippen LogP contribution in [0.3, 0.4) is 0 Å². The first-order chi connectivity index (χ1) is 14.9. The lowest BCUT2D eigenvalue weighted by atomic mass is 10.2. The Balaban J connectivity index is 1.77. The normalized spacial score (nSPS) is 10.6. The summed E-state index contributed by atoms with van der Waals surface area (Å²) in [7, 11) is 1.47. The van der Waals surface area contributed by atoms with Crippen molar-refractivity contribution in [1.29, 1.82) is 0 Å². The van der Waals surface area contributed by atoms with Crippen LogP contribution in [0.2, 0.25) is 5.02 Å². The molecule has 0 spiro atoms. The molecule has 31 heavy (non-hydrogen) atoms. The molecule has 0 bridgehead atoms. The average Bonchev–Trinajstić information content (AvgIpc) is 2.75. The minimum Gasteiger partial charge on any atom is -0.495 e. The van der Waals surface area contributed by atoms with Gasteiger partial charge in [0.2, 0.25) is 11.3 Å². The van der Waals surface area contributed by atoms with Crippen LogP contribution in [0.15, 0.2) is 59.5 Å². The molecule has 7 nitrogen and oxygen atoms in total. The Labute approximate surface area is 182 Å². The van der Waals surface area contributed by atoms with Crippen LogP contribution in [-0.4, -0.2) is 22.7 Å². The number of nitrogens with zero attached hydrogens (tertiary/aromatic N) is 1. The smallest absolute Gasteiger partial charge is 0.244 e. The van der Waals surface area contributed by atoms with Crippen molar-refractivity contribution in [3.05, 3.63) is 87.0 Å². The third-order valence-corrected chi connectivity index (χ3v) is 4.64. The second-order valence-electron chi connectivity index (χ2n) is 6.59. The predicted octanol–water partition coefficient (Wildman–Crippen LogP) is 3.36. The maximum absolute atomic E-state index is 13.0. The fraction of sp³-hybridized carbons (Fsp3) is 0.182. The number of aliphatic hydroxyl groups excluding tert-OH is 1. The number of nitrogens with one attached hydrogen (secondary N) is 1. The van der Waals surface area contributed by atoms with E-state index in [-0.39, 0.29) is 30.4 Å². The standard InChI is InChI=1S/C22H20ClFN2O5/c1-30-20-7-4-15(23)8-18(20)25-22(29)11-26-10-21(19(28)9-17(26)12-27)31-13-14-2-5-16(24)6-3-14/h2-10,27H,11-13H2,1H3,(H,25,29). The van der Waals surface area contributed by atoms with Gasteiger partial charge in [-0.3, -0.25) is 9.59 Å². The van der Waals surface area contributed by atoms with E-state index in [0.717, 1.165) is 0 Å². The predicted molar refractivity (Wildman–Crippen MR) is 114 cm³/mol. The number of aromatic nitrogens is 1. The number of pyridine rings is 1. The monoisotopic (exact) mass is 446 g/mol. The van der Waals surface area contributed by atoms with Crippen molar-refractivity contribution >= 4 is 23.2 Å². The zero-order valence-electron chi connectivity index (χ0n) is 16.6. The highest BCUT2D eigenvalue weighted by Crippen LogP contribution is 2.27. The molecular formula is C22H20ClFN2O5. The molecule has 0 atom stereocenters. The van der Waals surface area contributed by atoms with Crippen molar-refractivity contribution in [2.75, 3.05) is 12.4 Å². The van der Waals surface area contributed by atoms with Gasteiger partial charge < -0.3 is 24.5 Å². The van der Waals surface area contributed by atoms with E-state index in [2.05, 4.69) is 5.32 Å². The van der Waals surface area contributed by atoms with E-state index in [1.807, 2.05) is 0 Å². The third-order valence-electron chi connectivity index (χ3n) is 4.40. The molecule has 0 fully saturated rings. The fourth-order valence-electron chi connectivity index (χ4n) is 2.85. The summed E-state index contributed by atoms with van der Waals surface area (Å²) in [6, 6.07) is 11.7. The van der Waals surface area contributed by atoms with Crippen molar-refractivity contribution in [3.8, 4) is 11.5 Å². The van der Waals surface area contributed by atoms with Crippen molar-refractivity contribution in [2.24, 2.45) is 0 Å². The molecule has 0 aliphatic heterocycles. The number of benzene rings is 2. The van der Waals surface area contributed by atoms with Crippen LogP contribution in [-0.2, 0) is 24.6 Å². The molecule has 3 rings (SSSR count). The van der Waals surface area contributed by atoms with Crippen LogP contribution >= 0.6 is 11.6 Å². The molecule has 162 valence electrons. The van der Waals surface area contributed by atoms with E-state index in [1.54, 1.807) is 30.3 Å². The van der Waals surface area contributed by atoms with Gasteiger partial charge in [-0.25, -0.2) is 4.39 Å². The Kier molecular flexibility index (Phi) is 7.28. The molecule has 1 heterocycles. The fourth-order valence-corrected chi connectivity index (χ4v) is 3.02. The molecule has 0 aliphatic carbocycles. The molecule has 1 aromatic heterocycles. The summed E-state index contributed by atoms with van der Waals surface area (Å²) in [5.41, 5.74) is 0.857. The first-order valence-corrected chi connectivity index (χ1v) is 9.62. The van der Waals surface area contributed by atoms with Crippen LogP contribution in [0.25, 0.3) is 0 Å². The second-order valence-corrected chi connectivity index (χ2v) is 7.02. The van der Waals surface area contributed by atoms with Gasteiger partial charge in [0.1, 0.15) is 24.7 Å². The number of ether oxygens (including phenoxy) is 2. The van der Waals surface area contributed by atoms with E-state index in [4.69, 9.17) is 21.1 Å². The van der Waals surface area contributed by atoms with Crippen LogP contribution < -0.4 is 20.2 Å². The highest BCUT2D eigenvalue weighted by atomic mass is 35.5. The van der Waals surface area contributed by atoms with Gasteiger partial charge in [0.25, 0.3) is 0 Å². The molecule has 9 heteroatoms. The SMILES string of the molecule is COc1ccc(Cl)cc1NC(=O)Cn1cc(OCc2ccc(F)cc2)c(=O)cc1CO. The van der Waals surface area contributed by atoms with Crippen molar-refractivity contribution < 1.29 is 23.8 Å². The summed E-state index contributed by atoms with van der Waals surface area (Å²) in [4.78, 5) is 24.9. The Morgan fingerprint density at radius 2 is 1.90 bits per heavy atom. The molecule has 0 radical (unpaired) electrons. The first-order valence-electron chi connectivity index (χ1n) is 9.24. The van der Waals surface area contributed by atoms with E-state index < -0.39 is 17.9 Å². The number of carbonyl (C=O) groups excluding carboxylic acids is 1. The van der Waals surface area contributed by atoms with E-state index >= 15 is 0 Å². The lowest BCUT2D eigenvalue weighted by molar-refractivity contribution is -0.116. The Bertz CT molecular complexity index is 1130. The number of hydrogen-bond donors (Lipinski definition) is 2. The summed E-state index contributed by atoms with van der Waals surface area (Å²) in [6.07, 6.45) is 1.35. The van der Waals surface area contributed by atoms with E-state index in [1.165, 1.54) is 36.1 Å². The molecule has 2 aromatic carbocycles. The summed E-state index contributed by atoms with van der Waals surface area (Å²) >= 11 is 5.98. The van der Waals surface area contributed by atoms with E-state index in [0.29, 0.717) is 22.0 Å². The minimum atomic E-state index is -0.445. The second kappa shape index (κ2) is 10.1. The number of carbonyl (C=O) groups is 1. The Hall–Kier alpha value is -3.36. The number of amides is 1. The number of rotatable bonds is 8. The van der Waals surface area contributed by atoms with Gasteiger partial charge in [0, 0.05) is 16.8 Å². The number of anilines is 1. The molecule has 3 aromatic rings. The van der Waals surface area contributed by atoms with Gasteiger partial charge in [-0.15, -0.1) is 0 Å². The molecule has 2 N–H and O–H groups in total. The largest absolute Gasteiger partial charge is 0.495 e. The van der Waals surface area contributed by atoms with Crippen molar-refractivity contribution in [3.63, 3.8) is 0 Å². The molecule has 0 saturated heterocycles. The number of methoxy groups -OCH3 is 1. The van der Waals surface area contributed by atoms with Gasteiger partial charge in [0.05, 0.1) is 25.6 Å². The van der Waals surface area contributed by atoms with Crippen molar-refractivity contribution in [1.82, 2.24) is 4.57 Å². The number of aliphatic hydroxyl groups is 1. The van der Waals surface area contributed by atoms with Crippen LogP contribution in [0.5, 0.6) is 11.5 Å². The summed E-state index contributed by atoms with van der Waals surface area (Å²) in [5, 5.41) is 12.7. The summed E-state index contributed by atoms with van der Waals surface area (Å²) in [5.74, 6) is -0.373. The Morgan fingerprint density at radius 1 is 1.16 bits per heavy atom. The lowest BCUT2D eigenvalue weighted by Gasteiger charge is -2.15. The summed E-state index contributed by atoms with van der Waals surface area (Å²) in [6.45, 7) is -0.597. The zero-order chi connectivity index (χ0) is 22.4. The average molecular weight is 447 g/mol. The van der Waals surface area contributed by atoms with E-state index in [9.17, 15) is 19.1 Å². The van der Waals surface area contributed by atoms with Crippen molar-refractivity contribution in [2.45, 2.75) is 19.8 Å². The lowest BCUT2D eigenvalue weighted by Crippen LogP contribution is -2.23. The van der Waals surface area contributed by atoms with Gasteiger partial charge in [-0.2, -0.15) is 0 Å². The maximum Gasteiger partial charge on any atom is 0.244 e. The molecule has 0 aliphatic rings. The number of halogens is 2. The van der Waals surface area contributed by atoms with Gasteiger partial charge in [-0.1, -0.05) is 23.7 Å². The van der Waals surface area contributed by atoms with Gasteiger partial charge in [0.15, 0.2) is 5.75 Å². The molecular weight excluding hydrogens is 427 g/mol. The summed E-state index contributed by atoms with van der Waals surface area (Å²) < 4.78 is 25.2. The quantitative estimate of drug-likeness (QED) is 0.554. The Morgan fingerprint density at radius 3 is 2.58 bits per heavy atom. The highest BCUT2D eigenvalue weighted by molar-refractivity contribution is 6.31. The maximum atomic E-state index is 13.0. The molecule has 0 unspecified atom stereocenters. The first kappa shape index (κ1) is 22.3. The third kappa shape index (κ3) is 5.84. The van der Waals surface area contributed by atoms with Crippen LogP contribution in [0, 0.1) is 5.82 Å². The zero-order valence-corrected chi connectivity index (χ0v) is 17.4. The molecule has 0 saturated carbocycles.